The molecule has 12 nitrogen and oxygen atoms in total. The van der Waals surface area contributed by atoms with E-state index in [4.69, 9.17) is 28.3 Å². The van der Waals surface area contributed by atoms with Crippen LogP contribution in [0.15, 0.2) is 82.7 Å². The Hall–Kier alpha value is -4.47. The maximum atomic E-state index is 12.7. The summed E-state index contributed by atoms with van der Waals surface area (Å²) in [6.07, 6.45) is 8.91. The number of carbonyl (C=O) groups excluding carboxylic acids is 2. The summed E-state index contributed by atoms with van der Waals surface area (Å²) in [6.45, 7) is 22.2. The number of hydrogen-bond acceptors (Lipinski definition) is 14. The van der Waals surface area contributed by atoms with Crippen LogP contribution in [0, 0.1) is 33.2 Å². The first-order valence-electron chi connectivity index (χ1n) is 24.1. The molecule has 0 aliphatic rings. The highest BCUT2D eigenvalue weighted by atomic mass is 127. The van der Waals surface area contributed by atoms with Gasteiger partial charge in [0.15, 0.2) is 5.76 Å². The molecule has 0 fully saturated rings. The van der Waals surface area contributed by atoms with Gasteiger partial charge in [0.25, 0.3) is 0 Å². The van der Waals surface area contributed by atoms with Gasteiger partial charge in [0.2, 0.25) is 0 Å². The van der Waals surface area contributed by atoms with E-state index < -0.39 is 11.2 Å². The topological polar surface area (TPSA) is 144 Å². The zero-order valence-electron chi connectivity index (χ0n) is 43.0. The number of aromatic nitrogens is 3. The van der Waals surface area contributed by atoms with Gasteiger partial charge < -0.3 is 28.3 Å². The first kappa shape index (κ1) is 58.1. The van der Waals surface area contributed by atoms with Crippen LogP contribution in [0.3, 0.4) is 0 Å². The van der Waals surface area contributed by atoms with Gasteiger partial charge in [0.1, 0.15) is 29.7 Å². The first-order chi connectivity index (χ1) is 33.3. The van der Waals surface area contributed by atoms with Crippen molar-refractivity contribution in [3.63, 3.8) is 0 Å². The van der Waals surface area contributed by atoms with Gasteiger partial charge in [0.05, 0.1) is 55.6 Å². The fourth-order valence-electron chi connectivity index (χ4n) is 7.02. The lowest BCUT2D eigenvalue weighted by atomic mass is 9.94. The Kier molecular flexibility index (Phi) is 24.7. The van der Waals surface area contributed by atoms with Crippen molar-refractivity contribution in [2.75, 3.05) is 20.3 Å². The van der Waals surface area contributed by atoms with Gasteiger partial charge in [-0.05, 0) is 125 Å². The fourth-order valence-corrected chi connectivity index (χ4v) is 10.2. The summed E-state index contributed by atoms with van der Waals surface area (Å²) in [6, 6.07) is 20.2. The number of esters is 2. The van der Waals surface area contributed by atoms with Crippen LogP contribution in [0.25, 0.3) is 10.6 Å². The molecule has 3 heterocycles. The Bertz CT molecular complexity index is 2410. The minimum atomic E-state index is -0.555. The average Bonchev–Trinajstić information content (AvgIpc) is 4.03. The number of thiazole rings is 2. The summed E-state index contributed by atoms with van der Waals surface area (Å²) < 4.78 is 29.6. The molecule has 0 radical (unpaired) electrons. The van der Waals surface area contributed by atoms with Crippen molar-refractivity contribution >= 4 is 62.9 Å². The third-order valence-corrected chi connectivity index (χ3v) is 13.0. The van der Waals surface area contributed by atoms with E-state index >= 15 is 0 Å². The minimum absolute atomic E-state index is 0.113. The van der Waals surface area contributed by atoms with Crippen LogP contribution >= 0.6 is 45.3 Å². The third kappa shape index (κ3) is 22.7. The predicted octanol–water partition coefficient (Wildman–Crippen LogP) is 13.5. The van der Waals surface area contributed by atoms with E-state index in [0.717, 1.165) is 78.0 Å². The first-order valence-corrected chi connectivity index (χ1v) is 26.8. The highest BCUT2D eigenvalue weighted by Gasteiger charge is 2.29. The third-order valence-electron chi connectivity index (χ3n) is 10.0. The van der Waals surface area contributed by atoms with Gasteiger partial charge in [-0.2, -0.15) is 0 Å². The molecule has 0 saturated heterocycles. The van der Waals surface area contributed by atoms with Crippen molar-refractivity contribution < 1.29 is 37.9 Å². The van der Waals surface area contributed by atoms with Gasteiger partial charge in [-0.25, -0.2) is 9.97 Å². The van der Waals surface area contributed by atoms with Crippen molar-refractivity contribution in [1.29, 1.82) is 0 Å². The van der Waals surface area contributed by atoms with Gasteiger partial charge in [0, 0.05) is 44.1 Å². The maximum absolute atomic E-state index is 12.7. The van der Waals surface area contributed by atoms with E-state index in [1.807, 2.05) is 96.3 Å². The van der Waals surface area contributed by atoms with E-state index in [1.165, 1.54) is 7.11 Å². The lowest BCUT2D eigenvalue weighted by Crippen LogP contribution is -2.27. The number of ether oxygens (including phenoxy) is 4. The smallest absolute Gasteiger partial charge is 0.307 e. The molecule has 0 unspecified atom stereocenters. The Morgan fingerprint density at radius 3 is 1.81 bits per heavy atom. The Labute approximate surface area is 438 Å². The zero-order chi connectivity index (χ0) is 51.1. The molecular weight excluding hydrogens is 1040 g/mol. The maximum Gasteiger partial charge on any atom is 0.307 e. The van der Waals surface area contributed by atoms with Gasteiger partial charge in [-0.15, -0.1) is 22.7 Å². The SMILES string of the molecule is CC(C)Cc1ncc(-c2onc([C@@H](CCCOCc3ccccc3)CC(=O)OC(C)(C)C)c2I)s1.CO/N=C(\C#Cc1cnc(CC(C)C)s1)[C@@H](CCCOCc1ccccc1)CC(=O)OC(C)(C)C. The van der Waals surface area contributed by atoms with E-state index in [9.17, 15) is 9.59 Å². The molecule has 0 aliphatic heterocycles. The standard InChI is InChI=1S/C28H38N2O4S.C27H35IN2O4S/c1-21(2)17-26-29-19-24(35-26)14-15-25(30-32-6)23(18-27(31)34-28(3,4)5)13-10-16-33-20-22-11-8-7-9-12-22;1-18(2)14-22-29-16-21(35-22)26-24(28)25(30-34-26)20(15-23(31)33-27(3,4)5)12-9-13-32-17-19-10-7-6-8-11-19/h7-9,11-12,19,21,23H,10,13,16-18,20H2,1-6H3;6-8,10-11,16,18,20H,9,12-15,17H2,1-5H3/b30-25+;/t23-;20-/m00/s1. The number of rotatable bonds is 24. The summed E-state index contributed by atoms with van der Waals surface area (Å²) >= 11 is 5.50. The zero-order valence-corrected chi connectivity index (χ0v) is 46.8. The van der Waals surface area contributed by atoms with Crippen LogP contribution in [0.2, 0.25) is 0 Å². The highest BCUT2D eigenvalue weighted by Crippen LogP contribution is 2.38. The van der Waals surface area contributed by atoms with Crippen LogP contribution < -0.4 is 0 Å². The number of oxime groups is 1. The van der Waals surface area contributed by atoms with E-state index in [2.05, 4.69) is 94.5 Å². The van der Waals surface area contributed by atoms with Gasteiger partial charge in [-0.3, -0.25) is 9.59 Å². The molecule has 0 saturated carbocycles. The minimum Gasteiger partial charge on any atom is -0.460 e. The largest absolute Gasteiger partial charge is 0.460 e. The molecule has 3 aromatic heterocycles. The normalized spacial score (nSPS) is 12.7. The molecule has 15 heteroatoms. The molecule has 5 rings (SSSR count). The summed E-state index contributed by atoms with van der Waals surface area (Å²) in [5.74, 6) is 7.24. The van der Waals surface area contributed by atoms with Crippen LogP contribution in [0.1, 0.15) is 145 Å². The fraction of sp³-hybridized carbons (Fsp3) is 0.527. The summed E-state index contributed by atoms with van der Waals surface area (Å²) in [5, 5.41) is 10.7. The van der Waals surface area contributed by atoms with Crippen molar-refractivity contribution in [3.05, 3.63) is 108 Å². The Morgan fingerprint density at radius 1 is 0.743 bits per heavy atom. The summed E-state index contributed by atoms with van der Waals surface area (Å²) in [4.78, 5) is 41.2. The Morgan fingerprint density at radius 2 is 1.27 bits per heavy atom. The van der Waals surface area contributed by atoms with E-state index in [-0.39, 0.29) is 36.6 Å². The highest BCUT2D eigenvalue weighted by molar-refractivity contribution is 14.1. The van der Waals surface area contributed by atoms with Crippen molar-refractivity contribution in [3.8, 4) is 22.5 Å². The van der Waals surface area contributed by atoms with Crippen LogP contribution in [0.4, 0.5) is 0 Å². The van der Waals surface area contributed by atoms with Crippen molar-refractivity contribution in [1.82, 2.24) is 15.1 Å². The number of nitrogens with zero attached hydrogens (tertiary/aromatic N) is 4. The average molecular weight is 1110 g/mol. The molecule has 0 bridgehead atoms. The molecule has 0 aliphatic carbocycles. The monoisotopic (exact) mass is 1110 g/mol. The summed E-state index contributed by atoms with van der Waals surface area (Å²) in [5.41, 5.74) is 2.52. The molecule has 5 aromatic rings. The van der Waals surface area contributed by atoms with E-state index in [1.54, 1.807) is 28.9 Å². The molecule has 70 heavy (non-hydrogen) atoms. The second-order valence-electron chi connectivity index (χ2n) is 19.9. The molecular formula is C55H73IN4O8S2. The summed E-state index contributed by atoms with van der Waals surface area (Å²) in [7, 11) is 1.49. The number of carbonyl (C=O) groups is 2. The van der Waals surface area contributed by atoms with Crippen LogP contribution in [0.5, 0.6) is 0 Å². The van der Waals surface area contributed by atoms with Gasteiger partial charge in [-0.1, -0.05) is 98.7 Å². The van der Waals surface area contributed by atoms with Crippen molar-refractivity contribution in [2.24, 2.45) is 22.9 Å². The molecule has 0 spiro atoms. The molecule has 0 N–H and O–H groups in total. The molecule has 2 atom stereocenters. The molecule has 0 amide bonds. The molecule has 2 aromatic carbocycles. The Balaban J connectivity index is 0.000000305. The van der Waals surface area contributed by atoms with Crippen LogP contribution in [-0.4, -0.2) is 64.3 Å². The number of halogens is 1. The molecule has 380 valence electrons. The van der Waals surface area contributed by atoms with Gasteiger partial charge >= 0.3 is 11.9 Å². The van der Waals surface area contributed by atoms with E-state index in [0.29, 0.717) is 50.4 Å². The quantitative estimate of drug-likeness (QED) is 0.0145. The number of benzene rings is 2. The lowest BCUT2D eigenvalue weighted by molar-refractivity contribution is -0.156. The predicted molar refractivity (Wildman–Crippen MR) is 289 cm³/mol. The second-order valence-corrected chi connectivity index (χ2v) is 23.2. The van der Waals surface area contributed by atoms with Crippen LogP contribution in [-0.2, 0) is 59.4 Å². The second kappa shape index (κ2) is 29.8. The van der Waals surface area contributed by atoms with Crippen molar-refractivity contribution in [2.45, 2.75) is 151 Å². The number of hydrogen-bond donors (Lipinski definition) is 0. The lowest BCUT2D eigenvalue weighted by Gasteiger charge is -2.22.